The molecular weight excluding hydrogens is 256 g/mol. The SMILES string of the molecule is CCOC(=O)C1(Cc2cccc(C)c2)COCCC1=O. The maximum Gasteiger partial charge on any atom is 0.322 e. The minimum atomic E-state index is -1.18. The molecule has 0 aromatic heterocycles. The van der Waals surface area contributed by atoms with Crippen LogP contribution in [0.15, 0.2) is 24.3 Å². The molecule has 1 saturated heterocycles. The number of ketones is 1. The monoisotopic (exact) mass is 276 g/mol. The van der Waals surface area contributed by atoms with Gasteiger partial charge in [-0.05, 0) is 25.8 Å². The number of benzene rings is 1. The predicted octanol–water partition coefficient (Wildman–Crippen LogP) is 2.08. The van der Waals surface area contributed by atoms with Crippen molar-refractivity contribution in [1.82, 2.24) is 0 Å². The van der Waals surface area contributed by atoms with Gasteiger partial charge >= 0.3 is 5.97 Å². The van der Waals surface area contributed by atoms with E-state index in [-0.39, 0.29) is 25.4 Å². The first-order chi connectivity index (χ1) is 9.58. The molecule has 4 heteroatoms. The van der Waals surface area contributed by atoms with Crippen molar-refractivity contribution in [1.29, 1.82) is 0 Å². The van der Waals surface area contributed by atoms with Crippen molar-refractivity contribution in [2.75, 3.05) is 19.8 Å². The zero-order chi connectivity index (χ0) is 14.6. The summed E-state index contributed by atoms with van der Waals surface area (Å²) in [4.78, 5) is 24.6. The normalized spacial score (nSPS) is 22.6. The van der Waals surface area contributed by atoms with Crippen LogP contribution in [-0.2, 0) is 25.5 Å². The Morgan fingerprint density at radius 1 is 1.45 bits per heavy atom. The van der Waals surface area contributed by atoms with Gasteiger partial charge in [-0.15, -0.1) is 0 Å². The Balaban J connectivity index is 2.31. The van der Waals surface area contributed by atoms with E-state index in [1.54, 1.807) is 6.92 Å². The Morgan fingerprint density at radius 2 is 2.25 bits per heavy atom. The highest BCUT2D eigenvalue weighted by Gasteiger charge is 2.48. The van der Waals surface area contributed by atoms with Gasteiger partial charge in [-0.1, -0.05) is 29.8 Å². The fraction of sp³-hybridized carbons (Fsp3) is 0.500. The molecule has 1 unspecified atom stereocenters. The van der Waals surface area contributed by atoms with Gasteiger partial charge in [0.25, 0.3) is 0 Å². The van der Waals surface area contributed by atoms with E-state index in [0.717, 1.165) is 11.1 Å². The lowest BCUT2D eigenvalue weighted by Gasteiger charge is -2.33. The molecule has 0 amide bonds. The molecule has 1 aromatic carbocycles. The smallest absolute Gasteiger partial charge is 0.322 e. The van der Waals surface area contributed by atoms with Crippen LogP contribution in [0.3, 0.4) is 0 Å². The van der Waals surface area contributed by atoms with Crippen LogP contribution >= 0.6 is 0 Å². The molecule has 0 radical (unpaired) electrons. The lowest BCUT2D eigenvalue weighted by molar-refractivity contribution is -0.169. The third kappa shape index (κ3) is 2.90. The van der Waals surface area contributed by atoms with Crippen molar-refractivity contribution < 1.29 is 19.1 Å². The molecule has 0 N–H and O–H groups in total. The number of esters is 1. The number of carbonyl (C=O) groups excluding carboxylic acids is 2. The summed E-state index contributed by atoms with van der Waals surface area (Å²) in [5, 5.41) is 0. The molecule has 0 bridgehead atoms. The highest BCUT2D eigenvalue weighted by atomic mass is 16.5. The summed E-state index contributed by atoms with van der Waals surface area (Å²) in [7, 11) is 0. The summed E-state index contributed by atoms with van der Waals surface area (Å²) >= 11 is 0. The van der Waals surface area contributed by atoms with Crippen LogP contribution < -0.4 is 0 Å². The van der Waals surface area contributed by atoms with Crippen LogP contribution in [0.5, 0.6) is 0 Å². The second-order valence-electron chi connectivity index (χ2n) is 5.19. The van der Waals surface area contributed by atoms with Crippen LogP contribution in [0.1, 0.15) is 24.5 Å². The number of hydrogen-bond donors (Lipinski definition) is 0. The van der Waals surface area contributed by atoms with Gasteiger partial charge in [-0.25, -0.2) is 0 Å². The van der Waals surface area contributed by atoms with Gasteiger partial charge in [0.1, 0.15) is 0 Å². The largest absolute Gasteiger partial charge is 0.465 e. The Bertz CT molecular complexity index is 509. The quantitative estimate of drug-likeness (QED) is 0.624. The second-order valence-corrected chi connectivity index (χ2v) is 5.19. The first-order valence-corrected chi connectivity index (χ1v) is 6.92. The molecule has 2 rings (SSSR count). The first-order valence-electron chi connectivity index (χ1n) is 6.92. The van der Waals surface area contributed by atoms with E-state index in [1.165, 1.54) is 0 Å². The van der Waals surface area contributed by atoms with Gasteiger partial charge < -0.3 is 9.47 Å². The lowest BCUT2D eigenvalue weighted by atomic mass is 9.76. The molecule has 4 nitrogen and oxygen atoms in total. The third-order valence-corrected chi connectivity index (χ3v) is 3.61. The van der Waals surface area contributed by atoms with Crippen molar-refractivity contribution >= 4 is 11.8 Å². The summed E-state index contributed by atoms with van der Waals surface area (Å²) in [5.74, 6) is -0.546. The molecule has 1 aromatic rings. The topological polar surface area (TPSA) is 52.6 Å². The molecule has 1 atom stereocenters. The standard InChI is InChI=1S/C16H20O4/c1-3-20-15(18)16(11-19-8-7-14(16)17)10-13-6-4-5-12(2)9-13/h4-6,9H,3,7-8,10-11H2,1-2H3. The average Bonchev–Trinajstić information content (AvgIpc) is 2.42. The number of carbonyl (C=O) groups is 2. The van der Waals surface area contributed by atoms with E-state index in [9.17, 15) is 9.59 Å². The van der Waals surface area contributed by atoms with E-state index in [1.807, 2.05) is 31.2 Å². The van der Waals surface area contributed by atoms with E-state index in [2.05, 4.69) is 0 Å². The number of hydrogen-bond acceptors (Lipinski definition) is 4. The molecule has 20 heavy (non-hydrogen) atoms. The highest BCUT2D eigenvalue weighted by molar-refractivity contribution is 6.04. The molecule has 0 spiro atoms. The summed E-state index contributed by atoms with van der Waals surface area (Å²) in [5.41, 5.74) is 0.879. The zero-order valence-electron chi connectivity index (χ0n) is 12.0. The van der Waals surface area contributed by atoms with Crippen LogP contribution in [0, 0.1) is 12.3 Å². The fourth-order valence-electron chi connectivity index (χ4n) is 2.57. The Morgan fingerprint density at radius 3 is 2.90 bits per heavy atom. The third-order valence-electron chi connectivity index (χ3n) is 3.61. The van der Waals surface area contributed by atoms with Gasteiger partial charge in [0.05, 0.1) is 19.8 Å². The van der Waals surface area contributed by atoms with E-state index in [0.29, 0.717) is 13.0 Å². The molecular formula is C16H20O4. The van der Waals surface area contributed by atoms with Gasteiger partial charge in [-0.2, -0.15) is 0 Å². The maximum absolute atomic E-state index is 12.3. The predicted molar refractivity (Wildman–Crippen MR) is 74.4 cm³/mol. The van der Waals surface area contributed by atoms with E-state index in [4.69, 9.17) is 9.47 Å². The van der Waals surface area contributed by atoms with E-state index < -0.39 is 11.4 Å². The Kier molecular flexibility index (Phi) is 4.55. The highest BCUT2D eigenvalue weighted by Crippen LogP contribution is 2.31. The van der Waals surface area contributed by atoms with Gasteiger partial charge in [-0.3, -0.25) is 9.59 Å². The van der Waals surface area contributed by atoms with Crippen LogP contribution in [-0.4, -0.2) is 31.6 Å². The van der Waals surface area contributed by atoms with Crippen LogP contribution in [0.25, 0.3) is 0 Å². The molecule has 1 aliphatic heterocycles. The zero-order valence-corrected chi connectivity index (χ0v) is 12.0. The molecule has 1 heterocycles. The summed E-state index contributed by atoms with van der Waals surface area (Å²) in [6, 6.07) is 7.83. The number of rotatable bonds is 4. The Hall–Kier alpha value is -1.68. The van der Waals surface area contributed by atoms with Gasteiger partial charge in [0, 0.05) is 6.42 Å². The summed E-state index contributed by atoms with van der Waals surface area (Å²) < 4.78 is 10.5. The Labute approximate surface area is 119 Å². The second kappa shape index (κ2) is 6.18. The maximum atomic E-state index is 12.3. The number of aryl methyl sites for hydroxylation is 1. The van der Waals surface area contributed by atoms with Crippen molar-refractivity contribution in [2.24, 2.45) is 5.41 Å². The van der Waals surface area contributed by atoms with Crippen molar-refractivity contribution in [3.05, 3.63) is 35.4 Å². The molecule has 0 aliphatic carbocycles. The number of ether oxygens (including phenoxy) is 2. The summed E-state index contributed by atoms with van der Waals surface area (Å²) in [6.07, 6.45) is 0.608. The fourth-order valence-corrected chi connectivity index (χ4v) is 2.57. The lowest BCUT2D eigenvalue weighted by Crippen LogP contribution is -2.49. The van der Waals surface area contributed by atoms with Crippen LogP contribution in [0.2, 0.25) is 0 Å². The van der Waals surface area contributed by atoms with Gasteiger partial charge in [0.2, 0.25) is 0 Å². The van der Waals surface area contributed by atoms with Crippen LogP contribution in [0.4, 0.5) is 0 Å². The summed E-state index contributed by atoms with van der Waals surface area (Å²) in [6.45, 7) is 4.49. The molecule has 108 valence electrons. The molecule has 0 saturated carbocycles. The average molecular weight is 276 g/mol. The minimum absolute atomic E-state index is 0.0799. The molecule has 1 aliphatic rings. The minimum Gasteiger partial charge on any atom is -0.465 e. The van der Waals surface area contributed by atoms with Crippen molar-refractivity contribution in [2.45, 2.75) is 26.7 Å². The van der Waals surface area contributed by atoms with E-state index >= 15 is 0 Å². The molecule has 1 fully saturated rings. The number of Topliss-reactive ketones (excluding diaryl/α,β-unsaturated/α-hetero) is 1. The van der Waals surface area contributed by atoms with Crippen molar-refractivity contribution in [3.63, 3.8) is 0 Å². The first kappa shape index (κ1) is 14.7. The van der Waals surface area contributed by atoms with Gasteiger partial charge in [0.15, 0.2) is 11.2 Å². The van der Waals surface area contributed by atoms with Crippen molar-refractivity contribution in [3.8, 4) is 0 Å².